The van der Waals surface area contributed by atoms with Crippen LogP contribution < -0.4 is 19.3 Å². The summed E-state index contributed by atoms with van der Waals surface area (Å²) >= 11 is 0. The standard InChI is InChI=1S/C28H25F4N3O3/c1-4-6-7-21-22(12-13-26(33-21)37-3)35-17-34(23-11-9-19(29)16-25(23)38-14-5-2)24-15-18(28(30,31)32)8-10-20(24)27(35)36/h4-5,8-13,15-16H,1-2,6-7,14,17H2,3H3. The molecule has 10 heteroatoms. The van der Waals surface area contributed by atoms with Gasteiger partial charge < -0.3 is 14.4 Å². The number of carbonyl (C=O) groups is 1. The van der Waals surface area contributed by atoms with Crippen LogP contribution in [0.1, 0.15) is 28.0 Å². The Kier molecular flexibility index (Phi) is 7.70. The van der Waals surface area contributed by atoms with Gasteiger partial charge in [0.25, 0.3) is 5.91 Å². The van der Waals surface area contributed by atoms with Gasteiger partial charge in [-0.3, -0.25) is 9.69 Å². The Morgan fingerprint density at radius 3 is 2.45 bits per heavy atom. The third-order valence-corrected chi connectivity index (χ3v) is 5.95. The van der Waals surface area contributed by atoms with Gasteiger partial charge in [-0.1, -0.05) is 18.7 Å². The fourth-order valence-electron chi connectivity index (χ4n) is 4.16. The largest absolute Gasteiger partial charge is 0.487 e. The minimum Gasteiger partial charge on any atom is -0.487 e. The summed E-state index contributed by atoms with van der Waals surface area (Å²) in [4.78, 5) is 21.1. The predicted molar refractivity (Wildman–Crippen MR) is 137 cm³/mol. The number of anilines is 3. The van der Waals surface area contributed by atoms with Crippen LogP contribution >= 0.6 is 0 Å². The van der Waals surface area contributed by atoms with Crippen LogP contribution in [0.2, 0.25) is 0 Å². The summed E-state index contributed by atoms with van der Waals surface area (Å²) in [6, 6.07) is 9.91. The average Bonchev–Trinajstić information content (AvgIpc) is 2.90. The maximum Gasteiger partial charge on any atom is 0.416 e. The fourth-order valence-corrected chi connectivity index (χ4v) is 4.16. The van der Waals surface area contributed by atoms with Crippen LogP contribution in [-0.2, 0) is 12.6 Å². The van der Waals surface area contributed by atoms with Gasteiger partial charge in [0.15, 0.2) is 0 Å². The normalized spacial score (nSPS) is 13.2. The summed E-state index contributed by atoms with van der Waals surface area (Å²) in [5.74, 6) is -0.661. The number of hydrogen-bond acceptors (Lipinski definition) is 5. The van der Waals surface area contributed by atoms with Crippen LogP contribution in [-0.4, -0.2) is 31.3 Å². The molecule has 0 fully saturated rings. The lowest BCUT2D eigenvalue weighted by atomic mass is 10.0. The molecule has 0 spiro atoms. The molecule has 1 aliphatic rings. The first-order chi connectivity index (χ1) is 18.2. The van der Waals surface area contributed by atoms with E-state index in [1.807, 2.05) is 0 Å². The Morgan fingerprint density at radius 1 is 1.00 bits per heavy atom. The number of hydrogen-bond donors (Lipinski definition) is 0. The fraction of sp³-hybridized carbons (Fsp3) is 0.214. The van der Waals surface area contributed by atoms with E-state index >= 15 is 0 Å². The number of halogens is 4. The van der Waals surface area contributed by atoms with E-state index in [1.165, 1.54) is 35.1 Å². The van der Waals surface area contributed by atoms with Gasteiger partial charge in [0, 0.05) is 12.1 Å². The molecule has 1 amide bonds. The molecule has 1 aromatic heterocycles. The van der Waals surface area contributed by atoms with Gasteiger partial charge >= 0.3 is 6.18 Å². The van der Waals surface area contributed by atoms with E-state index < -0.39 is 23.5 Å². The first kappa shape index (κ1) is 26.7. The van der Waals surface area contributed by atoms with Gasteiger partial charge in [-0.25, -0.2) is 9.37 Å². The predicted octanol–water partition coefficient (Wildman–Crippen LogP) is 6.69. The van der Waals surface area contributed by atoms with Crippen LogP contribution in [0.25, 0.3) is 0 Å². The Bertz CT molecular complexity index is 1370. The molecule has 2 heterocycles. The number of benzene rings is 2. The number of aromatic nitrogens is 1. The second-order valence-corrected chi connectivity index (χ2v) is 8.39. The molecule has 0 unspecified atom stereocenters. The van der Waals surface area contributed by atoms with Crippen molar-refractivity contribution < 1.29 is 31.8 Å². The van der Waals surface area contributed by atoms with E-state index in [2.05, 4.69) is 18.1 Å². The highest BCUT2D eigenvalue weighted by molar-refractivity contribution is 6.13. The van der Waals surface area contributed by atoms with E-state index in [-0.39, 0.29) is 36.0 Å². The van der Waals surface area contributed by atoms with Gasteiger partial charge in [0.1, 0.15) is 24.8 Å². The van der Waals surface area contributed by atoms with E-state index in [0.717, 1.165) is 24.3 Å². The molecule has 0 atom stereocenters. The van der Waals surface area contributed by atoms with Gasteiger partial charge in [0.2, 0.25) is 5.88 Å². The van der Waals surface area contributed by atoms with Gasteiger partial charge in [-0.05, 0) is 49.2 Å². The Hall–Kier alpha value is -4.34. The first-order valence-electron chi connectivity index (χ1n) is 11.7. The lowest BCUT2D eigenvalue weighted by Gasteiger charge is -2.39. The maximum absolute atomic E-state index is 14.1. The third kappa shape index (κ3) is 5.34. The summed E-state index contributed by atoms with van der Waals surface area (Å²) in [6.45, 7) is 7.18. The van der Waals surface area contributed by atoms with E-state index in [9.17, 15) is 22.4 Å². The molecule has 3 aromatic rings. The summed E-state index contributed by atoms with van der Waals surface area (Å²) in [7, 11) is 1.47. The lowest BCUT2D eigenvalue weighted by Crippen LogP contribution is -2.45. The second-order valence-electron chi connectivity index (χ2n) is 8.39. The van der Waals surface area contributed by atoms with Crippen LogP contribution in [0, 0.1) is 5.82 Å². The van der Waals surface area contributed by atoms with Crippen LogP contribution in [0.4, 0.5) is 34.6 Å². The number of rotatable bonds is 9. The van der Waals surface area contributed by atoms with Crippen molar-refractivity contribution in [1.82, 2.24) is 4.98 Å². The van der Waals surface area contributed by atoms with Crippen molar-refractivity contribution in [3.8, 4) is 11.6 Å². The summed E-state index contributed by atoms with van der Waals surface area (Å²) in [5.41, 5.74) is 0.425. The van der Waals surface area contributed by atoms with Crippen LogP contribution in [0.3, 0.4) is 0 Å². The van der Waals surface area contributed by atoms with Crippen molar-refractivity contribution in [2.75, 3.05) is 30.2 Å². The van der Waals surface area contributed by atoms with Gasteiger partial charge in [-0.2, -0.15) is 13.2 Å². The smallest absolute Gasteiger partial charge is 0.416 e. The number of fused-ring (bicyclic) bond motifs is 1. The molecule has 198 valence electrons. The molecule has 0 radical (unpaired) electrons. The number of ether oxygens (including phenoxy) is 2. The highest BCUT2D eigenvalue weighted by atomic mass is 19.4. The lowest BCUT2D eigenvalue weighted by molar-refractivity contribution is -0.137. The Labute approximate surface area is 217 Å². The Morgan fingerprint density at radius 2 is 1.76 bits per heavy atom. The summed E-state index contributed by atoms with van der Waals surface area (Å²) in [6.07, 6.45) is -0.439. The van der Waals surface area contributed by atoms with Crippen LogP contribution in [0.5, 0.6) is 11.6 Å². The van der Waals surface area contributed by atoms with Crippen molar-refractivity contribution >= 4 is 23.0 Å². The van der Waals surface area contributed by atoms with Crippen molar-refractivity contribution in [3.63, 3.8) is 0 Å². The molecule has 0 bridgehead atoms. The minimum atomic E-state index is -4.64. The topological polar surface area (TPSA) is 54.9 Å². The molecular formula is C28H25F4N3O3. The zero-order chi connectivity index (χ0) is 27.4. The van der Waals surface area contributed by atoms with Crippen molar-refractivity contribution in [2.45, 2.75) is 19.0 Å². The average molecular weight is 528 g/mol. The molecule has 4 rings (SSSR count). The molecular weight excluding hydrogens is 502 g/mol. The van der Waals surface area contributed by atoms with Crippen molar-refractivity contribution in [1.29, 1.82) is 0 Å². The number of carbonyl (C=O) groups excluding carboxylic acids is 1. The van der Waals surface area contributed by atoms with E-state index in [4.69, 9.17) is 9.47 Å². The maximum atomic E-state index is 14.1. The Balaban J connectivity index is 1.91. The number of alkyl halides is 3. The molecule has 1 aliphatic heterocycles. The number of nitrogens with zero attached hydrogens (tertiary/aromatic N) is 3. The highest BCUT2D eigenvalue weighted by Crippen LogP contribution is 2.43. The zero-order valence-electron chi connectivity index (χ0n) is 20.6. The molecule has 2 aromatic carbocycles. The molecule has 0 saturated heterocycles. The highest BCUT2D eigenvalue weighted by Gasteiger charge is 2.37. The zero-order valence-corrected chi connectivity index (χ0v) is 20.6. The number of amides is 1. The number of methoxy groups -OCH3 is 1. The molecule has 0 aliphatic carbocycles. The van der Waals surface area contributed by atoms with E-state index in [0.29, 0.717) is 30.1 Å². The first-order valence-corrected chi connectivity index (χ1v) is 11.7. The van der Waals surface area contributed by atoms with Gasteiger partial charge in [-0.15, -0.1) is 6.58 Å². The van der Waals surface area contributed by atoms with Crippen molar-refractivity contribution in [3.05, 3.63) is 96.5 Å². The summed E-state index contributed by atoms with van der Waals surface area (Å²) < 4.78 is 65.9. The molecule has 0 saturated carbocycles. The van der Waals surface area contributed by atoms with E-state index in [1.54, 1.807) is 18.2 Å². The SMILES string of the molecule is C=CCCc1nc(OC)ccc1N1CN(c2ccc(F)cc2OCC=C)c2cc(C(F)(F)F)ccc2C1=O. The number of aryl methyl sites for hydroxylation is 1. The van der Waals surface area contributed by atoms with Gasteiger partial charge in [0.05, 0.1) is 41.0 Å². The summed E-state index contributed by atoms with van der Waals surface area (Å²) in [5, 5.41) is 0. The third-order valence-electron chi connectivity index (χ3n) is 5.95. The quantitative estimate of drug-likeness (QED) is 0.229. The van der Waals surface area contributed by atoms with Crippen molar-refractivity contribution in [2.24, 2.45) is 0 Å². The number of allylic oxidation sites excluding steroid dienone is 1. The molecule has 0 N–H and O–H groups in total. The second kappa shape index (κ2) is 11.0. The van der Waals surface area contributed by atoms with Crippen LogP contribution in [0.15, 0.2) is 73.8 Å². The monoisotopic (exact) mass is 527 g/mol. The number of pyridine rings is 1. The molecule has 38 heavy (non-hydrogen) atoms. The molecule has 6 nitrogen and oxygen atoms in total. The minimum absolute atomic E-state index is 0.0187.